The molecule has 258 valence electrons. The lowest BCUT2D eigenvalue weighted by atomic mass is 9.39. The van der Waals surface area contributed by atoms with Crippen molar-refractivity contribution in [3.63, 3.8) is 0 Å². The maximum absolute atomic E-state index is 9.81. The summed E-state index contributed by atoms with van der Waals surface area (Å²) in [4.78, 5) is 3.89. The summed E-state index contributed by atoms with van der Waals surface area (Å²) in [7, 11) is 0. The van der Waals surface area contributed by atoms with Gasteiger partial charge in [-0.15, -0.1) is 11.3 Å². The number of fused-ring (bicyclic) bond motifs is 9. The van der Waals surface area contributed by atoms with E-state index in [0.717, 1.165) is 41.8 Å². The van der Waals surface area contributed by atoms with Crippen LogP contribution in [0.4, 0.5) is 17.1 Å². The van der Waals surface area contributed by atoms with E-state index in [2.05, 4.69) is 117 Å². The topological polar surface area (TPSA) is 12.5 Å². The van der Waals surface area contributed by atoms with Crippen LogP contribution >= 0.6 is 22.7 Å². The molecule has 50 heavy (non-hydrogen) atoms. The molecule has 9 rings (SSSR count). The van der Waals surface area contributed by atoms with Crippen molar-refractivity contribution in [2.45, 2.75) is 136 Å². The smallest absolute Gasteiger partial charge is 0.281 e. The molecule has 0 N–H and O–H groups in total. The maximum atomic E-state index is 9.81. The first-order chi connectivity index (χ1) is 24.1. The van der Waals surface area contributed by atoms with Crippen molar-refractivity contribution in [2.75, 3.05) is 4.90 Å². The Labute approximate surface area is 311 Å². The summed E-state index contributed by atoms with van der Waals surface area (Å²) in [5, 5.41) is 1.17. The minimum absolute atomic E-state index is 0.0303. The van der Waals surface area contributed by atoms with Gasteiger partial charge in [0, 0.05) is 35.9 Å². The van der Waals surface area contributed by atoms with Gasteiger partial charge < -0.3 is 9.64 Å². The van der Waals surface area contributed by atoms with Crippen LogP contribution in [-0.4, -0.2) is 6.71 Å². The molecule has 0 radical (unpaired) electrons. The van der Waals surface area contributed by atoms with Crippen LogP contribution in [0.3, 0.4) is 0 Å². The summed E-state index contributed by atoms with van der Waals surface area (Å²) >= 11 is 3.87. The van der Waals surface area contributed by atoms with Crippen LogP contribution in [0.2, 0.25) is 0 Å². The number of nitrogens with zero attached hydrogens (tertiary/aromatic N) is 1. The Morgan fingerprint density at radius 1 is 0.780 bits per heavy atom. The second-order valence-electron chi connectivity index (χ2n) is 19.4. The average molecular weight is 700 g/mol. The molecule has 0 spiro atoms. The van der Waals surface area contributed by atoms with Crippen LogP contribution in [-0.2, 0) is 27.1 Å². The van der Waals surface area contributed by atoms with E-state index in [0.29, 0.717) is 23.4 Å². The van der Waals surface area contributed by atoms with E-state index in [1.54, 1.807) is 0 Å². The number of anilines is 3. The number of rotatable bonds is 1. The van der Waals surface area contributed by atoms with E-state index in [4.69, 9.17) is 4.74 Å². The predicted molar refractivity (Wildman–Crippen MR) is 220 cm³/mol. The highest BCUT2D eigenvalue weighted by Gasteiger charge is 2.51. The van der Waals surface area contributed by atoms with Gasteiger partial charge in [0.05, 0.1) is 8.43 Å². The van der Waals surface area contributed by atoms with Crippen molar-refractivity contribution in [1.29, 1.82) is 0 Å². The zero-order valence-corrected chi connectivity index (χ0v) is 33.7. The Balaban J connectivity index is 1.40. The highest BCUT2D eigenvalue weighted by atomic mass is 32.1. The highest BCUT2D eigenvalue weighted by molar-refractivity contribution is 7.38. The summed E-state index contributed by atoms with van der Waals surface area (Å²) in [6.07, 6.45) is 4.59. The molecule has 5 heteroatoms. The Morgan fingerprint density at radius 2 is 1.40 bits per heavy atom. The number of ether oxygens (including phenoxy) is 1. The molecule has 0 saturated heterocycles. The zero-order valence-electron chi connectivity index (χ0n) is 34.0. The molecule has 0 atom stereocenters. The van der Waals surface area contributed by atoms with Gasteiger partial charge in [-0.3, -0.25) is 0 Å². The number of hydrogen-bond acceptors (Lipinski definition) is 4. The minimum Gasteiger partial charge on any atom is -0.457 e. The summed E-state index contributed by atoms with van der Waals surface area (Å²) in [6, 6.07) is 14.7. The van der Waals surface area contributed by atoms with Crippen molar-refractivity contribution in [2.24, 2.45) is 0 Å². The fraction of sp³-hybridized carbons (Fsp3) is 0.467. The van der Waals surface area contributed by atoms with Gasteiger partial charge in [0.25, 0.3) is 6.71 Å². The Bertz CT molecular complexity index is 2370. The van der Waals surface area contributed by atoms with E-state index < -0.39 is 0 Å². The van der Waals surface area contributed by atoms with Gasteiger partial charge >= 0.3 is 0 Å². The van der Waals surface area contributed by atoms with E-state index >= 15 is 0 Å². The molecule has 3 aromatic carbocycles. The predicted octanol–water partition coefficient (Wildman–Crippen LogP) is 11.7. The third-order valence-corrected chi connectivity index (χ3v) is 15.6. The third-order valence-electron chi connectivity index (χ3n) is 12.8. The second kappa shape index (κ2) is 10.1. The molecule has 5 aromatic rings. The summed E-state index contributed by atoms with van der Waals surface area (Å²) in [5.41, 5.74) is 10.7. The van der Waals surface area contributed by atoms with Crippen LogP contribution in [0.15, 0.2) is 48.5 Å². The molecule has 2 aliphatic heterocycles. The Kier molecular flexibility index (Phi) is 6.18. The number of hydrogen-bond donors (Lipinski definition) is 0. The summed E-state index contributed by atoms with van der Waals surface area (Å²) < 4.78 is 30.3. The highest BCUT2D eigenvalue weighted by Crippen LogP contribution is 2.57. The molecule has 0 fully saturated rings. The molecular weight excluding hydrogens is 645 g/mol. The molecule has 0 amide bonds. The van der Waals surface area contributed by atoms with Crippen LogP contribution in [0.25, 0.3) is 10.1 Å². The summed E-state index contributed by atoms with van der Waals surface area (Å²) in [6.45, 7) is 27.9. The van der Waals surface area contributed by atoms with Gasteiger partial charge in [0.2, 0.25) is 0 Å². The SMILES string of the molecule is [2H]c1c(C)c([2H])c2c3c1Oc1c(sc4cc5c(cc14)C(C)(C)CCC5(C)C)B3c1sc3c(c1N2c1ccc(C(C)(C)C)cc1)C(C)(C)CCC3(C)C. The van der Waals surface area contributed by atoms with Crippen molar-refractivity contribution >= 4 is 71.6 Å². The average Bonchev–Trinajstić information content (AvgIpc) is 3.66. The van der Waals surface area contributed by atoms with Gasteiger partial charge in [-0.2, -0.15) is 11.3 Å². The summed E-state index contributed by atoms with van der Waals surface area (Å²) in [5.74, 6) is 1.56. The maximum Gasteiger partial charge on any atom is 0.281 e. The van der Waals surface area contributed by atoms with Gasteiger partial charge in [0.1, 0.15) is 11.5 Å². The van der Waals surface area contributed by atoms with Gasteiger partial charge in [-0.1, -0.05) is 88.3 Å². The first-order valence-electron chi connectivity index (χ1n) is 19.7. The number of thiophene rings is 2. The molecule has 4 aliphatic rings. The molecule has 2 nitrogen and oxygen atoms in total. The standard InChI is InChI=1S/C45H52BNOS2/c1-25-21-31-35-32(22-25)48-37-28-23-29-30(43(7,8)18-17-42(29,5)6)24-33(28)49-40(37)46(35)39-36(34-38(50-39)45(11,12)20-19-44(34,9)10)47(31)27-15-13-26(14-16-27)41(2,3)4/h13-16,21-24H,17-20H2,1-12H3/i21D,22D. The first kappa shape index (κ1) is 30.6. The Morgan fingerprint density at radius 3 is 2.06 bits per heavy atom. The number of benzene rings is 3. The van der Waals surface area contributed by atoms with E-state index in [-0.39, 0.29) is 33.8 Å². The molecule has 0 unspecified atom stereocenters. The quantitative estimate of drug-likeness (QED) is 0.158. The van der Waals surface area contributed by atoms with E-state index in [1.807, 2.05) is 29.6 Å². The molecular formula is C45H52BNOS2. The largest absolute Gasteiger partial charge is 0.457 e. The van der Waals surface area contributed by atoms with Crippen LogP contribution in [0.5, 0.6) is 11.5 Å². The van der Waals surface area contributed by atoms with Gasteiger partial charge in [-0.25, -0.2) is 0 Å². The van der Waals surface area contributed by atoms with Crippen molar-refractivity contribution in [1.82, 2.24) is 0 Å². The third kappa shape index (κ3) is 4.51. The molecule has 4 heterocycles. The van der Waals surface area contributed by atoms with Crippen molar-refractivity contribution in [3.8, 4) is 11.5 Å². The van der Waals surface area contributed by atoms with Crippen molar-refractivity contribution in [3.05, 3.63) is 81.2 Å². The van der Waals surface area contributed by atoms with E-state index in [9.17, 15) is 2.74 Å². The molecule has 2 aliphatic carbocycles. The van der Waals surface area contributed by atoms with Crippen molar-refractivity contribution < 1.29 is 7.48 Å². The lowest BCUT2D eigenvalue weighted by Gasteiger charge is -2.43. The first-order valence-corrected chi connectivity index (χ1v) is 20.3. The fourth-order valence-corrected chi connectivity index (χ4v) is 12.4. The van der Waals surface area contributed by atoms with Gasteiger partial charge in [-0.05, 0) is 129 Å². The van der Waals surface area contributed by atoms with E-state index in [1.165, 1.54) is 58.9 Å². The molecule has 0 saturated carbocycles. The molecule has 0 bridgehead atoms. The fourth-order valence-electron chi connectivity index (χ4n) is 9.38. The van der Waals surface area contributed by atoms with Crippen LogP contribution in [0, 0.1) is 6.92 Å². The van der Waals surface area contributed by atoms with Gasteiger partial charge in [0.15, 0.2) is 0 Å². The Hall–Kier alpha value is -3.02. The monoisotopic (exact) mass is 699 g/mol. The zero-order chi connectivity index (χ0) is 37.2. The molecule has 2 aromatic heterocycles. The van der Waals surface area contributed by atoms with Crippen LogP contribution in [0.1, 0.15) is 137 Å². The second-order valence-corrected chi connectivity index (χ2v) is 21.5. The minimum atomic E-state index is -0.0969. The normalized spacial score (nSPS) is 21.0. The lowest BCUT2D eigenvalue weighted by molar-refractivity contribution is 0.332. The van der Waals surface area contributed by atoms with Crippen LogP contribution < -0.4 is 24.7 Å². The lowest BCUT2D eigenvalue weighted by Crippen LogP contribution is -2.57.